The fourth-order valence-corrected chi connectivity index (χ4v) is 2.26. The van der Waals surface area contributed by atoms with Crippen molar-refractivity contribution in [1.82, 2.24) is 0 Å². The summed E-state index contributed by atoms with van der Waals surface area (Å²) >= 11 is 0.715. The van der Waals surface area contributed by atoms with Crippen molar-refractivity contribution >= 4 is 22.0 Å². The van der Waals surface area contributed by atoms with Gasteiger partial charge in [0.05, 0.1) is 4.92 Å². The van der Waals surface area contributed by atoms with Gasteiger partial charge in [0.15, 0.2) is 23.3 Å². The van der Waals surface area contributed by atoms with E-state index in [9.17, 15) is 32.1 Å². The van der Waals surface area contributed by atoms with E-state index >= 15 is 0 Å². The van der Waals surface area contributed by atoms with Crippen molar-refractivity contribution in [3.05, 3.63) is 56.2 Å². The van der Waals surface area contributed by atoms with Crippen LogP contribution < -0.4 is 5.32 Å². The number of hydrogen-bond acceptors (Lipinski definition) is 4. The minimum absolute atomic E-state index is 0.204. The second-order valence-electron chi connectivity index (χ2n) is 3.80. The highest BCUT2D eigenvalue weighted by atomic mass is 32.1. The number of anilines is 1. The molecule has 2 aromatic rings. The lowest BCUT2D eigenvalue weighted by atomic mass is 10.2. The van der Waals surface area contributed by atoms with Crippen LogP contribution in [0.5, 0.6) is 0 Å². The van der Waals surface area contributed by atoms with Crippen molar-refractivity contribution in [1.29, 1.82) is 0 Å². The van der Waals surface area contributed by atoms with E-state index in [-0.39, 0.29) is 11.5 Å². The average molecular weight is 324 g/mol. The predicted molar refractivity (Wildman–Crippen MR) is 64.5 cm³/mol. The lowest BCUT2D eigenvalue weighted by Gasteiger charge is -2.09. The first-order valence-corrected chi connectivity index (χ1v) is 6.13. The Bertz CT molecular complexity index is 690. The van der Waals surface area contributed by atoms with Gasteiger partial charge < -0.3 is 5.32 Å². The Balaban J connectivity index is 2.26. The summed E-state index contributed by atoms with van der Waals surface area (Å²) in [5.41, 5.74) is -1.18. The maximum absolute atomic E-state index is 13.4. The molecule has 0 radical (unpaired) electrons. The van der Waals surface area contributed by atoms with E-state index in [0.717, 1.165) is 0 Å². The lowest BCUT2D eigenvalue weighted by molar-refractivity contribution is -0.380. The van der Waals surface area contributed by atoms with Crippen LogP contribution >= 0.6 is 11.3 Å². The molecule has 112 valence electrons. The van der Waals surface area contributed by atoms with Gasteiger partial charge in [0.25, 0.3) is 0 Å². The van der Waals surface area contributed by atoms with Crippen LogP contribution in [0.15, 0.2) is 12.1 Å². The molecular formula is C11H5F5N2O2S. The molecule has 10 heteroatoms. The van der Waals surface area contributed by atoms with Crippen molar-refractivity contribution in [3.63, 3.8) is 0 Å². The van der Waals surface area contributed by atoms with E-state index in [0.29, 0.717) is 16.2 Å². The van der Waals surface area contributed by atoms with Crippen LogP contribution in [0.3, 0.4) is 0 Å². The molecule has 21 heavy (non-hydrogen) atoms. The number of nitrogens with one attached hydrogen (secondary N) is 1. The van der Waals surface area contributed by atoms with Gasteiger partial charge in [-0.05, 0) is 6.07 Å². The van der Waals surface area contributed by atoms with E-state index < -0.39 is 39.7 Å². The summed E-state index contributed by atoms with van der Waals surface area (Å²) in [6.07, 6.45) is 0. The van der Waals surface area contributed by atoms with Gasteiger partial charge >= 0.3 is 5.00 Å². The Kier molecular flexibility index (Phi) is 4.07. The number of halogens is 5. The molecule has 0 atom stereocenters. The lowest BCUT2D eigenvalue weighted by Crippen LogP contribution is -2.09. The van der Waals surface area contributed by atoms with Gasteiger partial charge in [-0.2, -0.15) is 0 Å². The third-order valence-electron chi connectivity index (χ3n) is 2.48. The molecule has 0 fully saturated rings. The van der Waals surface area contributed by atoms with E-state index in [1.807, 2.05) is 5.32 Å². The molecule has 0 bridgehead atoms. The van der Waals surface area contributed by atoms with Crippen molar-refractivity contribution in [2.45, 2.75) is 6.54 Å². The quantitative estimate of drug-likeness (QED) is 0.304. The largest absolute Gasteiger partial charge is 0.375 e. The topological polar surface area (TPSA) is 55.2 Å². The molecule has 0 aliphatic rings. The SMILES string of the molecule is O=[N+]([O-])c1ccc(CNc2c(F)c(F)c(F)c(F)c2F)s1. The van der Waals surface area contributed by atoms with E-state index in [4.69, 9.17) is 0 Å². The first-order chi connectivity index (χ1) is 9.82. The first-order valence-electron chi connectivity index (χ1n) is 5.31. The summed E-state index contributed by atoms with van der Waals surface area (Å²) in [6, 6.07) is 2.47. The number of nitro groups is 1. The van der Waals surface area contributed by atoms with Gasteiger partial charge in [0, 0.05) is 17.5 Å². The Hall–Kier alpha value is -2.23. The number of rotatable bonds is 4. The summed E-state index contributed by atoms with van der Waals surface area (Å²) in [6.45, 7) is -0.323. The molecule has 1 heterocycles. The molecule has 0 spiro atoms. The fraction of sp³-hybridized carbons (Fsp3) is 0.0909. The predicted octanol–water partition coefficient (Wildman–Crippen LogP) is 3.96. The maximum Gasteiger partial charge on any atom is 0.324 e. The zero-order valence-electron chi connectivity index (χ0n) is 9.92. The van der Waals surface area contributed by atoms with Gasteiger partial charge in [-0.3, -0.25) is 10.1 Å². The average Bonchev–Trinajstić information content (AvgIpc) is 2.92. The highest BCUT2D eigenvalue weighted by Gasteiger charge is 2.25. The molecule has 0 saturated heterocycles. The molecule has 0 aliphatic carbocycles. The molecular weight excluding hydrogens is 319 g/mol. The highest BCUT2D eigenvalue weighted by molar-refractivity contribution is 7.15. The zero-order valence-corrected chi connectivity index (χ0v) is 10.7. The van der Waals surface area contributed by atoms with E-state index in [1.165, 1.54) is 12.1 Å². The normalized spacial score (nSPS) is 10.7. The second-order valence-corrected chi connectivity index (χ2v) is 4.94. The van der Waals surface area contributed by atoms with Gasteiger partial charge in [-0.15, -0.1) is 0 Å². The summed E-state index contributed by atoms with van der Waals surface area (Å²) in [5, 5.41) is 12.3. The monoisotopic (exact) mass is 324 g/mol. The van der Waals surface area contributed by atoms with Gasteiger partial charge in [0.2, 0.25) is 5.82 Å². The van der Waals surface area contributed by atoms with Crippen molar-refractivity contribution < 1.29 is 26.9 Å². The van der Waals surface area contributed by atoms with Crippen LogP contribution in [0, 0.1) is 39.2 Å². The van der Waals surface area contributed by atoms with E-state index in [1.54, 1.807) is 0 Å². The number of hydrogen-bond donors (Lipinski definition) is 1. The molecule has 1 N–H and O–H groups in total. The van der Waals surface area contributed by atoms with Crippen LogP contribution in [-0.2, 0) is 6.54 Å². The molecule has 0 unspecified atom stereocenters. The molecule has 0 amide bonds. The molecule has 2 rings (SSSR count). The third kappa shape index (κ3) is 2.79. The molecule has 4 nitrogen and oxygen atoms in total. The van der Waals surface area contributed by atoms with Crippen LogP contribution in [0.4, 0.5) is 32.6 Å². The first kappa shape index (κ1) is 15.2. The van der Waals surface area contributed by atoms with Crippen molar-refractivity contribution in [2.75, 3.05) is 5.32 Å². The van der Waals surface area contributed by atoms with Crippen molar-refractivity contribution in [2.24, 2.45) is 0 Å². The molecule has 0 aliphatic heterocycles. The minimum atomic E-state index is -2.25. The number of nitrogens with zero attached hydrogens (tertiary/aromatic N) is 1. The van der Waals surface area contributed by atoms with Gasteiger partial charge in [-0.1, -0.05) is 11.3 Å². The smallest absolute Gasteiger partial charge is 0.324 e. The molecule has 1 aromatic carbocycles. The van der Waals surface area contributed by atoms with Crippen LogP contribution in [0.25, 0.3) is 0 Å². The summed E-state index contributed by atoms with van der Waals surface area (Å²) in [4.78, 5) is 10.1. The maximum atomic E-state index is 13.4. The summed E-state index contributed by atoms with van der Waals surface area (Å²) in [5.74, 6) is -10.3. The Morgan fingerprint density at radius 2 is 1.52 bits per heavy atom. The number of thiophene rings is 1. The Morgan fingerprint density at radius 3 is 2.00 bits per heavy atom. The van der Waals surface area contributed by atoms with Gasteiger partial charge in [0.1, 0.15) is 5.69 Å². The summed E-state index contributed by atoms with van der Waals surface area (Å²) < 4.78 is 65.4. The standard InChI is InChI=1S/C11H5F5N2O2S/c12-6-7(13)9(15)11(10(16)8(6)14)17-3-4-1-2-5(21-4)18(19)20/h1-2,17H,3H2. The minimum Gasteiger partial charge on any atom is -0.375 e. The molecule has 0 saturated carbocycles. The van der Waals surface area contributed by atoms with Gasteiger partial charge in [-0.25, -0.2) is 22.0 Å². The summed E-state index contributed by atoms with van der Waals surface area (Å²) in [7, 11) is 0. The van der Waals surface area contributed by atoms with Crippen LogP contribution in [0.2, 0.25) is 0 Å². The second kappa shape index (κ2) is 5.64. The van der Waals surface area contributed by atoms with Crippen molar-refractivity contribution in [3.8, 4) is 0 Å². The molecule has 1 aromatic heterocycles. The van der Waals surface area contributed by atoms with E-state index in [2.05, 4.69) is 0 Å². The Labute approximate surface area is 118 Å². The third-order valence-corrected chi connectivity index (χ3v) is 3.51. The highest BCUT2D eigenvalue weighted by Crippen LogP contribution is 2.29. The zero-order chi connectivity index (χ0) is 15.7. The fourth-order valence-electron chi connectivity index (χ4n) is 1.50. The Morgan fingerprint density at radius 1 is 1.00 bits per heavy atom. The van der Waals surface area contributed by atoms with Crippen LogP contribution in [0.1, 0.15) is 4.88 Å². The van der Waals surface area contributed by atoms with Crippen LogP contribution in [-0.4, -0.2) is 4.92 Å². The number of benzene rings is 1.